The van der Waals surface area contributed by atoms with Gasteiger partial charge in [-0.25, -0.2) is 4.98 Å². The Balaban J connectivity index is 2.19. The van der Waals surface area contributed by atoms with Crippen molar-refractivity contribution in [3.8, 4) is 11.5 Å². The van der Waals surface area contributed by atoms with E-state index in [1.165, 1.54) is 6.92 Å². The number of benzene rings is 1. The second-order valence-electron chi connectivity index (χ2n) is 4.06. The highest BCUT2D eigenvalue weighted by Crippen LogP contribution is 2.26. The van der Waals surface area contributed by atoms with E-state index >= 15 is 0 Å². The van der Waals surface area contributed by atoms with Gasteiger partial charge < -0.3 is 9.47 Å². The minimum absolute atomic E-state index is 0.0351. The maximum absolute atomic E-state index is 11.5. The molecule has 0 bridgehead atoms. The number of aromatic nitrogens is 1. The lowest BCUT2D eigenvalue weighted by atomic mass is 10.1. The van der Waals surface area contributed by atoms with Gasteiger partial charge >= 0.3 is 0 Å². The Hall–Kier alpha value is -1.88. The molecule has 0 amide bonds. The summed E-state index contributed by atoms with van der Waals surface area (Å²) in [5.41, 5.74) is 1.41. The smallest absolute Gasteiger partial charge is 0.163 e. The Morgan fingerprint density at radius 2 is 2.21 bits per heavy atom. The largest absolute Gasteiger partial charge is 0.497 e. The quantitative estimate of drug-likeness (QED) is 0.787. The minimum Gasteiger partial charge on any atom is -0.497 e. The van der Waals surface area contributed by atoms with Crippen LogP contribution in [0.4, 0.5) is 0 Å². The van der Waals surface area contributed by atoms with E-state index in [0.29, 0.717) is 23.7 Å². The maximum atomic E-state index is 11.5. The van der Waals surface area contributed by atoms with Gasteiger partial charge in [0.25, 0.3) is 0 Å². The molecule has 0 aliphatic rings. The van der Waals surface area contributed by atoms with Crippen LogP contribution in [0.1, 0.15) is 28.0 Å². The van der Waals surface area contributed by atoms with Crippen molar-refractivity contribution in [1.29, 1.82) is 0 Å². The van der Waals surface area contributed by atoms with Crippen LogP contribution >= 0.6 is 11.3 Å². The third-order valence-electron chi connectivity index (χ3n) is 2.61. The zero-order valence-corrected chi connectivity index (χ0v) is 11.9. The summed E-state index contributed by atoms with van der Waals surface area (Å²) >= 11 is 1.57. The molecule has 0 aliphatic heterocycles. The Bertz CT molecular complexity index is 592. The van der Waals surface area contributed by atoms with E-state index in [1.807, 2.05) is 12.3 Å². The summed E-state index contributed by atoms with van der Waals surface area (Å²) in [7, 11) is 1.58. The molecular formula is C14H15NO3S. The fourth-order valence-electron chi connectivity index (χ4n) is 1.67. The fraction of sp³-hybridized carbons (Fsp3) is 0.286. The standard InChI is InChI=1S/C14H15NO3S/c1-9(16)13-5-4-12(17-3)6-14(13)18-7-11-8-19-10(2)15-11/h4-6,8H,7H2,1-3H3. The van der Waals surface area contributed by atoms with E-state index in [4.69, 9.17) is 9.47 Å². The molecule has 0 N–H and O–H groups in total. The summed E-state index contributed by atoms with van der Waals surface area (Å²) < 4.78 is 10.8. The molecule has 1 aromatic carbocycles. The first kappa shape index (κ1) is 13.5. The van der Waals surface area contributed by atoms with Gasteiger partial charge in [0, 0.05) is 11.4 Å². The van der Waals surface area contributed by atoms with Crippen molar-refractivity contribution in [3.63, 3.8) is 0 Å². The second-order valence-corrected chi connectivity index (χ2v) is 5.13. The molecule has 0 aliphatic carbocycles. The Labute approximate surface area is 116 Å². The lowest BCUT2D eigenvalue weighted by Gasteiger charge is -2.10. The first-order valence-electron chi connectivity index (χ1n) is 5.83. The SMILES string of the molecule is COc1ccc(C(C)=O)c(OCc2csc(C)n2)c1. The number of aryl methyl sites for hydroxylation is 1. The van der Waals surface area contributed by atoms with E-state index in [0.717, 1.165) is 10.7 Å². The van der Waals surface area contributed by atoms with E-state index in [9.17, 15) is 4.79 Å². The van der Waals surface area contributed by atoms with Crippen LogP contribution < -0.4 is 9.47 Å². The fourth-order valence-corrected chi connectivity index (χ4v) is 2.26. The lowest BCUT2D eigenvalue weighted by molar-refractivity contribution is 0.101. The number of nitrogens with zero attached hydrogens (tertiary/aromatic N) is 1. The summed E-state index contributed by atoms with van der Waals surface area (Å²) in [5.74, 6) is 1.15. The van der Waals surface area contributed by atoms with Crippen LogP contribution in [0.15, 0.2) is 23.6 Å². The van der Waals surface area contributed by atoms with Crippen LogP contribution in [-0.2, 0) is 6.61 Å². The van der Waals surface area contributed by atoms with Crippen molar-refractivity contribution < 1.29 is 14.3 Å². The number of methoxy groups -OCH3 is 1. The molecule has 19 heavy (non-hydrogen) atoms. The van der Waals surface area contributed by atoms with Crippen molar-refractivity contribution in [2.45, 2.75) is 20.5 Å². The molecule has 2 aromatic rings. The van der Waals surface area contributed by atoms with Gasteiger partial charge in [0.05, 0.1) is 23.4 Å². The van der Waals surface area contributed by atoms with Gasteiger partial charge in [-0.15, -0.1) is 11.3 Å². The van der Waals surface area contributed by atoms with Gasteiger partial charge in [-0.3, -0.25) is 4.79 Å². The number of hydrogen-bond acceptors (Lipinski definition) is 5. The van der Waals surface area contributed by atoms with Crippen LogP contribution in [-0.4, -0.2) is 17.9 Å². The zero-order valence-electron chi connectivity index (χ0n) is 11.1. The monoisotopic (exact) mass is 277 g/mol. The molecule has 0 saturated carbocycles. The van der Waals surface area contributed by atoms with E-state index in [2.05, 4.69) is 4.98 Å². The molecule has 5 heteroatoms. The molecule has 0 atom stereocenters. The van der Waals surface area contributed by atoms with E-state index in [-0.39, 0.29) is 5.78 Å². The average molecular weight is 277 g/mol. The van der Waals surface area contributed by atoms with E-state index in [1.54, 1.807) is 36.6 Å². The number of thiazole rings is 1. The van der Waals surface area contributed by atoms with Gasteiger partial charge in [-0.2, -0.15) is 0 Å². The van der Waals surface area contributed by atoms with Gasteiger partial charge in [-0.1, -0.05) is 0 Å². The summed E-state index contributed by atoms with van der Waals surface area (Å²) in [5, 5.41) is 2.94. The molecule has 4 nitrogen and oxygen atoms in total. The Kier molecular flexibility index (Phi) is 4.16. The summed E-state index contributed by atoms with van der Waals surface area (Å²) in [6, 6.07) is 5.18. The number of ether oxygens (including phenoxy) is 2. The van der Waals surface area contributed by atoms with Gasteiger partial charge in [0.1, 0.15) is 18.1 Å². The van der Waals surface area contributed by atoms with Crippen molar-refractivity contribution in [3.05, 3.63) is 39.8 Å². The molecule has 0 unspecified atom stereocenters. The summed E-state index contributed by atoms with van der Waals surface area (Å²) in [6.45, 7) is 3.81. The van der Waals surface area contributed by atoms with Crippen LogP contribution in [0.2, 0.25) is 0 Å². The highest BCUT2D eigenvalue weighted by Gasteiger charge is 2.11. The molecule has 0 saturated heterocycles. The van der Waals surface area contributed by atoms with Crippen LogP contribution in [0.25, 0.3) is 0 Å². The number of rotatable bonds is 5. The van der Waals surface area contributed by atoms with Crippen molar-refractivity contribution in [2.24, 2.45) is 0 Å². The zero-order chi connectivity index (χ0) is 13.8. The lowest BCUT2D eigenvalue weighted by Crippen LogP contribution is -2.02. The van der Waals surface area contributed by atoms with E-state index < -0.39 is 0 Å². The van der Waals surface area contributed by atoms with Crippen LogP contribution in [0.5, 0.6) is 11.5 Å². The Morgan fingerprint density at radius 3 is 2.79 bits per heavy atom. The maximum Gasteiger partial charge on any atom is 0.163 e. The number of ketones is 1. The molecule has 0 fully saturated rings. The molecule has 1 heterocycles. The normalized spacial score (nSPS) is 10.3. The molecule has 1 aromatic heterocycles. The number of carbonyl (C=O) groups excluding carboxylic acids is 1. The molecule has 100 valence electrons. The third kappa shape index (κ3) is 3.32. The third-order valence-corrected chi connectivity index (χ3v) is 3.43. The highest BCUT2D eigenvalue weighted by molar-refractivity contribution is 7.09. The summed E-state index contributed by atoms with van der Waals surface area (Å²) in [4.78, 5) is 15.9. The topological polar surface area (TPSA) is 48.4 Å². The number of carbonyl (C=O) groups is 1. The van der Waals surface area contributed by atoms with Gasteiger partial charge in [0.15, 0.2) is 5.78 Å². The first-order valence-corrected chi connectivity index (χ1v) is 6.71. The highest BCUT2D eigenvalue weighted by atomic mass is 32.1. The minimum atomic E-state index is -0.0351. The molecule has 0 radical (unpaired) electrons. The average Bonchev–Trinajstić information content (AvgIpc) is 2.81. The van der Waals surface area contributed by atoms with Gasteiger partial charge in [-0.05, 0) is 26.0 Å². The second kappa shape index (κ2) is 5.84. The van der Waals surface area contributed by atoms with Crippen molar-refractivity contribution in [1.82, 2.24) is 4.98 Å². The molecule has 2 rings (SSSR count). The van der Waals surface area contributed by atoms with Crippen LogP contribution in [0.3, 0.4) is 0 Å². The van der Waals surface area contributed by atoms with Gasteiger partial charge in [0.2, 0.25) is 0 Å². The van der Waals surface area contributed by atoms with Crippen molar-refractivity contribution in [2.75, 3.05) is 7.11 Å². The predicted octanol–water partition coefficient (Wildman–Crippen LogP) is 3.24. The Morgan fingerprint density at radius 1 is 1.42 bits per heavy atom. The molecule has 0 spiro atoms. The molecular weight excluding hydrogens is 262 g/mol. The van der Waals surface area contributed by atoms with Crippen LogP contribution in [0, 0.1) is 6.92 Å². The number of hydrogen-bond donors (Lipinski definition) is 0. The van der Waals surface area contributed by atoms with Crippen molar-refractivity contribution >= 4 is 17.1 Å². The summed E-state index contributed by atoms with van der Waals surface area (Å²) in [6.07, 6.45) is 0. The first-order chi connectivity index (χ1) is 9.10. The number of Topliss-reactive ketones (excluding diaryl/α,β-unsaturated/α-hetero) is 1. The predicted molar refractivity (Wildman–Crippen MR) is 74.2 cm³/mol.